The molecule has 1 unspecified atom stereocenters. The molecule has 1 rings (SSSR count). The Hall–Kier alpha value is -0.870. The molecule has 1 aromatic rings. The molecule has 0 radical (unpaired) electrons. The number of nitrogens with one attached hydrogen (secondary N) is 2. The van der Waals surface area contributed by atoms with E-state index in [-0.39, 0.29) is 6.10 Å². The molecule has 0 aromatic carbocycles. The zero-order valence-corrected chi connectivity index (χ0v) is 11.6. The van der Waals surface area contributed by atoms with Crippen LogP contribution in [-0.2, 0) is 11.3 Å². The number of imidazole rings is 1. The first-order valence-corrected chi connectivity index (χ1v) is 6.31. The van der Waals surface area contributed by atoms with Gasteiger partial charge in [0.1, 0.15) is 11.9 Å². The van der Waals surface area contributed by atoms with Gasteiger partial charge < -0.3 is 15.0 Å². The van der Waals surface area contributed by atoms with Crippen molar-refractivity contribution < 1.29 is 4.74 Å². The van der Waals surface area contributed by atoms with Crippen molar-refractivity contribution in [2.45, 2.75) is 40.3 Å². The Kier molecular flexibility index (Phi) is 5.65. The quantitative estimate of drug-likeness (QED) is 0.768. The van der Waals surface area contributed by atoms with Crippen molar-refractivity contribution in [3.8, 4) is 0 Å². The Morgan fingerprint density at radius 1 is 1.35 bits per heavy atom. The largest absolute Gasteiger partial charge is 0.373 e. The van der Waals surface area contributed by atoms with E-state index in [0.717, 1.165) is 24.6 Å². The molecule has 98 valence electrons. The zero-order valence-electron chi connectivity index (χ0n) is 11.6. The van der Waals surface area contributed by atoms with E-state index in [9.17, 15) is 0 Å². The molecule has 0 fully saturated rings. The zero-order chi connectivity index (χ0) is 12.8. The Labute approximate surface area is 104 Å². The van der Waals surface area contributed by atoms with E-state index in [2.05, 4.69) is 43.0 Å². The molecule has 1 heterocycles. The number of H-pyrrole nitrogens is 1. The summed E-state index contributed by atoms with van der Waals surface area (Å²) < 4.78 is 5.44. The first kappa shape index (κ1) is 14.2. The predicted molar refractivity (Wildman–Crippen MR) is 69.7 cm³/mol. The lowest BCUT2D eigenvalue weighted by molar-refractivity contribution is 0.0581. The van der Waals surface area contributed by atoms with Crippen molar-refractivity contribution in [2.24, 2.45) is 11.8 Å². The smallest absolute Gasteiger partial charge is 0.135 e. The lowest BCUT2D eigenvalue weighted by Crippen LogP contribution is -2.19. The highest BCUT2D eigenvalue weighted by molar-refractivity contribution is 5.04. The van der Waals surface area contributed by atoms with Gasteiger partial charge in [-0.3, -0.25) is 0 Å². The fourth-order valence-corrected chi connectivity index (χ4v) is 1.81. The molecule has 17 heavy (non-hydrogen) atoms. The minimum atomic E-state index is 0.0499. The molecular formula is C13H25N3O. The average molecular weight is 239 g/mol. The number of hydrogen-bond donors (Lipinski definition) is 2. The molecule has 0 saturated carbocycles. The summed E-state index contributed by atoms with van der Waals surface area (Å²) in [6.07, 6.45) is 1.94. The highest BCUT2D eigenvalue weighted by Gasteiger charge is 2.17. The molecule has 4 heteroatoms. The van der Waals surface area contributed by atoms with Crippen LogP contribution in [0.2, 0.25) is 0 Å². The second-order valence-electron chi connectivity index (χ2n) is 5.22. The summed E-state index contributed by atoms with van der Waals surface area (Å²) in [5, 5.41) is 3.39. The lowest BCUT2D eigenvalue weighted by Gasteiger charge is -2.16. The van der Waals surface area contributed by atoms with Crippen LogP contribution in [0.25, 0.3) is 0 Å². The monoisotopic (exact) mass is 239 g/mol. The first-order valence-electron chi connectivity index (χ1n) is 6.31. The number of aromatic nitrogens is 2. The highest BCUT2D eigenvalue weighted by atomic mass is 16.5. The summed E-state index contributed by atoms with van der Waals surface area (Å²) in [6, 6.07) is 0. The SMILES string of the molecule is COC(c1ncc(CNCC(C)C)[nH]1)C(C)C. The highest BCUT2D eigenvalue weighted by Crippen LogP contribution is 2.22. The van der Waals surface area contributed by atoms with Crippen LogP contribution in [0, 0.1) is 11.8 Å². The van der Waals surface area contributed by atoms with E-state index in [4.69, 9.17) is 4.74 Å². The van der Waals surface area contributed by atoms with Gasteiger partial charge in [-0.25, -0.2) is 4.98 Å². The van der Waals surface area contributed by atoms with Crippen LogP contribution in [0.1, 0.15) is 45.3 Å². The Balaban J connectivity index is 2.52. The van der Waals surface area contributed by atoms with Crippen LogP contribution in [0.3, 0.4) is 0 Å². The maximum atomic E-state index is 5.44. The van der Waals surface area contributed by atoms with Crippen LogP contribution in [0.5, 0.6) is 0 Å². The van der Waals surface area contributed by atoms with E-state index < -0.39 is 0 Å². The normalized spacial score (nSPS) is 13.6. The summed E-state index contributed by atoms with van der Waals surface area (Å²) >= 11 is 0. The molecule has 0 bridgehead atoms. The standard InChI is InChI=1S/C13H25N3O/c1-9(2)6-14-7-11-8-15-13(16-11)12(17-5)10(3)4/h8-10,12,14H,6-7H2,1-5H3,(H,15,16). The second-order valence-corrected chi connectivity index (χ2v) is 5.22. The topological polar surface area (TPSA) is 49.9 Å². The molecule has 1 aromatic heterocycles. The van der Waals surface area contributed by atoms with E-state index in [1.165, 1.54) is 0 Å². The summed E-state index contributed by atoms with van der Waals surface area (Å²) in [6.45, 7) is 10.5. The molecule has 0 aliphatic heterocycles. The number of methoxy groups -OCH3 is 1. The van der Waals surface area contributed by atoms with Gasteiger partial charge in [0, 0.05) is 25.5 Å². The second kappa shape index (κ2) is 6.77. The van der Waals surface area contributed by atoms with Crippen molar-refractivity contribution >= 4 is 0 Å². The number of rotatable bonds is 7. The lowest BCUT2D eigenvalue weighted by atomic mass is 10.1. The molecule has 0 spiro atoms. The number of aromatic amines is 1. The molecule has 0 aliphatic carbocycles. The van der Waals surface area contributed by atoms with Gasteiger partial charge in [-0.1, -0.05) is 27.7 Å². The fourth-order valence-electron chi connectivity index (χ4n) is 1.81. The summed E-state index contributed by atoms with van der Waals surface area (Å²) in [5.74, 6) is 2.01. The van der Waals surface area contributed by atoms with Gasteiger partial charge in [0.05, 0.1) is 0 Å². The Bertz CT molecular complexity index is 320. The number of ether oxygens (including phenoxy) is 1. The fraction of sp³-hybridized carbons (Fsp3) is 0.769. The van der Waals surface area contributed by atoms with Crippen LogP contribution >= 0.6 is 0 Å². The number of hydrogen-bond acceptors (Lipinski definition) is 3. The van der Waals surface area contributed by atoms with Gasteiger partial charge in [-0.2, -0.15) is 0 Å². The van der Waals surface area contributed by atoms with Gasteiger partial charge in [0.15, 0.2) is 0 Å². The number of nitrogens with zero attached hydrogens (tertiary/aromatic N) is 1. The summed E-state index contributed by atoms with van der Waals surface area (Å²) in [4.78, 5) is 7.71. The average Bonchev–Trinajstić information content (AvgIpc) is 2.66. The summed E-state index contributed by atoms with van der Waals surface area (Å²) in [5.41, 5.74) is 1.11. The third-order valence-corrected chi connectivity index (χ3v) is 2.65. The molecular weight excluding hydrogens is 214 g/mol. The first-order chi connectivity index (χ1) is 8.04. The van der Waals surface area contributed by atoms with Gasteiger partial charge >= 0.3 is 0 Å². The van der Waals surface area contributed by atoms with Crippen LogP contribution in [0.15, 0.2) is 6.20 Å². The van der Waals surface area contributed by atoms with Crippen molar-refractivity contribution in [1.82, 2.24) is 15.3 Å². The third kappa shape index (κ3) is 4.48. The van der Waals surface area contributed by atoms with Gasteiger partial charge in [0.25, 0.3) is 0 Å². The van der Waals surface area contributed by atoms with E-state index >= 15 is 0 Å². The van der Waals surface area contributed by atoms with Crippen LogP contribution in [-0.4, -0.2) is 23.6 Å². The van der Waals surface area contributed by atoms with Gasteiger partial charge in [-0.15, -0.1) is 0 Å². The van der Waals surface area contributed by atoms with Crippen LogP contribution in [0.4, 0.5) is 0 Å². The maximum Gasteiger partial charge on any atom is 0.135 e. The Morgan fingerprint density at radius 2 is 2.06 bits per heavy atom. The maximum absolute atomic E-state index is 5.44. The van der Waals surface area contributed by atoms with E-state index in [1.807, 2.05) is 6.20 Å². The minimum Gasteiger partial charge on any atom is -0.373 e. The predicted octanol–water partition coefficient (Wildman–Crippen LogP) is 2.50. The molecule has 0 amide bonds. The van der Waals surface area contributed by atoms with E-state index in [1.54, 1.807) is 7.11 Å². The Morgan fingerprint density at radius 3 is 2.59 bits per heavy atom. The molecule has 0 aliphatic rings. The van der Waals surface area contributed by atoms with Crippen molar-refractivity contribution in [3.05, 3.63) is 17.7 Å². The molecule has 2 N–H and O–H groups in total. The molecule has 1 atom stereocenters. The third-order valence-electron chi connectivity index (χ3n) is 2.65. The van der Waals surface area contributed by atoms with Gasteiger partial charge in [-0.05, 0) is 18.4 Å². The minimum absolute atomic E-state index is 0.0499. The van der Waals surface area contributed by atoms with Crippen molar-refractivity contribution in [1.29, 1.82) is 0 Å². The van der Waals surface area contributed by atoms with Crippen molar-refractivity contribution in [2.75, 3.05) is 13.7 Å². The van der Waals surface area contributed by atoms with Crippen LogP contribution < -0.4 is 5.32 Å². The molecule has 0 saturated heterocycles. The molecule has 4 nitrogen and oxygen atoms in total. The summed E-state index contributed by atoms with van der Waals surface area (Å²) in [7, 11) is 1.73. The van der Waals surface area contributed by atoms with E-state index in [0.29, 0.717) is 11.8 Å². The van der Waals surface area contributed by atoms with Gasteiger partial charge in [0.2, 0.25) is 0 Å². The van der Waals surface area contributed by atoms with Crippen molar-refractivity contribution in [3.63, 3.8) is 0 Å².